The van der Waals surface area contributed by atoms with Crippen LogP contribution in [0.5, 0.6) is 17.2 Å². The third-order valence-electron chi connectivity index (χ3n) is 7.65. The van der Waals surface area contributed by atoms with Gasteiger partial charge in [-0.15, -0.1) is 0 Å². The van der Waals surface area contributed by atoms with Crippen molar-refractivity contribution < 1.29 is 19.0 Å². The maximum absolute atomic E-state index is 14.2. The molecule has 2 heterocycles. The van der Waals surface area contributed by atoms with Gasteiger partial charge in [-0.2, -0.15) is 0 Å². The van der Waals surface area contributed by atoms with Crippen molar-refractivity contribution in [2.45, 2.75) is 26.5 Å². The second-order valence-corrected chi connectivity index (χ2v) is 12.7. The Morgan fingerprint density at radius 3 is 2.42 bits per heavy atom. The van der Waals surface area contributed by atoms with Crippen molar-refractivity contribution in [3.05, 3.63) is 149 Å². The fourth-order valence-corrected chi connectivity index (χ4v) is 6.86. The van der Waals surface area contributed by atoms with E-state index in [2.05, 4.69) is 5.32 Å². The van der Waals surface area contributed by atoms with E-state index >= 15 is 0 Å². The molecule has 244 valence electrons. The number of halogens is 2. The molecule has 0 bridgehead atoms. The SMILES string of the molecule is CCOc1ccc([C@@H]2C(C(=O)Nc3ccccc3)=C(C)N=c3s/c(=C\c4cc(Cl)c(OCc5ccc(Cl)cc5)c(OC)c4)c(=O)n32)cc1. The maximum atomic E-state index is 14.2. The number of thiazole rings is 1. The summed E-state index contributed by atoms with van der Waals surface area (Å²) >= 11 is 13.9. The van der Waals surface area contributed by atoms with Crippen molar-refractivity contribution in [3.8, 4) is 17.2 Å². The van der Waals surface area contributed by atoms with Crippen LogP contribution in [0, 0.1) is 0 Å². The number of ether oxygens (including phenoxy) is 3. The maximum Gasteiger partial charge on any atom is 0.271 e. The van der Waals surface area contributed by atoms with Gasteiger partial charge in [0.25, 0.3) is 11.5 Å². The average molecular weight is 701 g/mol. The fraction of sp³-hybridized carbons (Fsp3) is 0.162. The normalized spacial score (nSPS) is 14.3. The standard InChI is InChI=1S/C37H31Cl2N3O5S/c1-4-46-28-16-12-25(13-17-28)33-32(35(43)41-27-8-6-5-7-9-27)22(2)40-37-42(33)36(44)31(48-37)20-24-18-29(39)34(30(19-24)45-3)47-21-23-10-14-26(38)15-11-23/h5-20,33H,4,21H2,1-3H3,(H,41,43)/b31-20-/t33-/m1/s1. The number of fused-ring (bicyclic) bond motifs is 1. The molecule has 0 radical (unpaired) electrons. The first-order valence-electron chi connectivity index (χ1n) is 15.1. The number of nitrogens with one attached hydrogen (secondary N) is 1. The molecule has 1 N–H and O–H groups in total. The number of para-hydroxylation sites is 1. The first-order chi connectivity index (χ1) is 23.2. The topological polar surface area (TPSA) is 91.2 Å². The highest BCUT2D eigenvalue weighted by molar-refractivity contribution is 7.07. The summed E-state index contributed by atoms with van der Waals surface area (Å²) in [4.78, 5) is 33.2. The molecule has 4 aromatic carbocycles. The molecule has 1 amide bonds. The number of carbonyl (C=O) groups is 1. The van der Waals surface area contributed by atoms with Crippen LogP contribution in [0.3, 0.4) is 0 Å². The Bertz CT molecular complexity index is 2180. The molecule has 8 nitrogen and oxygen atoms in total. The summed E-state index contributed by atoms with van der Waals surface area (Å²) in [6.07, 6.45) is 1.74. The Hall–Kier alpha value is -4.83. The minimum atomic E-state index is -0.732. The minimum absolute atomic E-state index is 0.260. The van der Waals surface area contributed by atoms with Crippen LogP contribution in [0.25, 0.3) is 6.08 Å². The molecule has 1 aliphatic heterocycles. The molecule has 1 atom stereocenters. The summed E-state index contributed by atoms with van der Waals surface area (Å²) in [5.74, 6) is 1.14. The zero-order valence-corrected chi connectivity index (χ0v) is 28.7. The number of benzene rings is 4. The predicted octanol–water partition coefficient (Wildman–Crippen LogP) is 7.17. The number of carbonyl (C=O) groups excluding carboxylic acids is 1. The lowest BCUT2D eigenvalue weighted by molar-refractivity contribution is -0.113. The van der Waals surface area contributed by atoms with Gasteiger partial charge in [-0.3, -0.25) is 14.2 Å². The molecule has 48 heavy (non-hydrogen) atoms. The minimum Gasteiger partial charge on any atom is -0.494 e. The van der Waals surface area contributed by atoms with Gasteiger partial charge in [-0.05, 0) is 85.1 Å². The van der Waals surface area contributed by atoms with Gasteiger partial charge < -0.3 is 19.5 Å². The number of anilines is 1. The van der Waals surface area contributed by atoms with Gasteiger partial charge in [0, 0.05) is 10.7 Å². The molecule has 0 fully saturated rings. The van der Waals surface area contributed by atoms with E-state index in [0.717, 1.165) is 11.1 Å². The molecule has 11 heteroatoms. The van der Waals surface area contributed by atoms with Crippen LogP contribution >= 0.6 is 34.5 Å². The molecule has 0 aliphatic carbocycles. The van der Waals surface area contributed by atoms with E-state index in [9.17, 15) is 9.59 Å². The van der Waals surface area contributed by atoms with Gasteiger partial charge in [0.1, 0.15) is 12.4 Å². The lowest BCUT2D eigenvalue weighted by Gasteiger charge is -2.25. The Morgan fingerprint density at radius 2 is 1.73 bits per heavy atom. The summed E-state index contributed by atoms with van der Waals surface area (Å²) in [5.41, 5.74) is 3.51. The van der Waals surface area contributed by atoms with Crippen molar-refractivity contribution in [3.63, 3.8) is 0 Å². The van der Waals surface area contributed by atoms with E-state index < -0.39 is 6.04 Å². The Morgan fingerprint density at radius 1 is 1.00 bits per heavy atom. The predicted molar refractivity (Wildman–Crippen MR) is 190 cm³/mol. The zero-order chi connectivity index (χ0) is 33.8. The number of amides is 1. The number of hydrogen-bond acceptors (Lipinski definition) is 7. The van der Waals surface area contributed by atoms with Gasteiger partial charge in [0.05, 0.1) is 40.6 Å². The molecule has 1 aromatic heterocycles. The molecule has 0 spiro atoms. The highest BCUT2D eigenvalue weighted by Gasteiger charge is 2.32. The third kappa shape index (κ3) is 7.04. The van der Waals surface area contributed by atoms with Gasteiger partial charge in [-0.1, -0.05) is 77.0 Å². The quantitative estimate of drug-likeness (QED) is 0.167. The highest BCUT2D eigenvalue weighted by Crippen LogP contribution is 2.37. The second-order valence-electron chi connectivity index (χ2n) is 10.9. The Kier molecular flexibility index (Phi) is 10.0. The van der Waals surface area contributed by atoms with Crippen LogP contribution in [0.15, 0.2) is 112 Å². The number of methoxy groups -OCH3 is 1. The van der Waals surface area contributed by atoms with Crippen LogP contribution < -0.4 is 34.4 Å². The lowest BCUT2D eigenvalue weighted by Crippen LogP contribution is -2.40. The van der Waals surface area contributed by atoms with Gasteiger partial charge in [-0.25, -0.2) is 4.99 Å². The van der Waals surface area contributed by atoms with Crippen LogP contribution in [0.4, 0.5) is 5.69 Å². The van der Waals surface area contributed by atoms with Gasteiger partial charge in [0.2, 0.25) is 0 Å². The van der Waals surface area contributed by atoms with E-state index in [1.54, 1.807) is 41.8 Å². The van der Waals surface area contributed by atoms with E-state index in [1.165, 1.54) is 18.4 Å². The Balaban J connectivity index is 1.40. The summed E-state index contributed by atoms with van der Waals surface area (Å²) in [5, 5.41) is 3.93. The average Bonchev–Trinajstić information content (AvgIpc) is 3.38. The highest BCUT2D eigenvalue weighted by atomic mass is 35.5. The van der Waals surface area contributed by atoms with E-state index in [1.807, 2.05) is 73.7 Å². The number of rotatable bonds is 10. The fourth-order valence-electron chi connectivity index (χ4n) is 5.41. The van der Waals surface area contributed by atoms with E-state index in [-0.39, 0.29) is 18.1 Å². The Labute approximate surface area is 291 Å². The van der Waals surface area contributed by atoms with Gasteiger partial charge >= 0.3 is 0 Å². The van der Waals surface area contributed by atoms with E-state index in [0.29, 0.717) is 65.8 Å². The first-order valence-corrected chi connectivity index (χ1v) is 16.7. The molecule has 0 unspecified atom stereocenters. The molecule has 0 saturated heterocycles. The largest absolute Gasteiger partial charge is 0.494 e. The number of nitrogens with zero attached hydrogens (tertiary/aromatic N) is 2. The third-order valence-corrected chi connectivity index (χ3v) is 9.17. The molecular weight excluding hydrogens is 669 g/mol. The van der Waals surface area contributed by atoms with Crippen LogP contribution in [0.2, 0.25) is 10.0 Å². The molecule has 1 aliphatic rings. The monoisotopic (exact) mass is 699 g/mol. The summed E-state index contributed by atoms with van der Waals surface area (Å²) in [6, 6.07) is 26.6. The van der Waals surface area contributed by atoms with Crippen molar-refractivity contribution in [2.24, 2.45) is 4.99 Å². The number of aromatic nitrogens is 1. The molecule has 5 aromatic rings. The summed E-state index contributed by atoms with van der Waals surface area (Å²) in [7, 11) is 1.53. The lowest BCUT2D eigenvalue weighted by atomic mass is 9.95. The molecule has 6 rings (SSSR count). The number of allylic oxidation sites excluding steroid dienone is 1. The molecular formula is C37H31Cl2N3O5S. The van der Waals surface area contributed by atoms with Crippen LogP contribution in [0.1, 0.15) is 36.6 Å². The van der Waals surface area contributed by atoms with Crippen molar-refractivity contribution in [2.75, 3.05) is 19.0 Å². The van der Waals surface area contributed by atoms with Crippen molar-refractivity contribution in [1.82, 2.24) is 4.57 Å². The summed E-state index contributed by atoms with van der Waals surface area (Å²) in [6.45, 7) is 4.47. The first kappa shape index (κ1) is 33.1. The van der Waals surface area contributed by atoms with Crippen LogP contribution in [-0.2, 0) is 11.4 Å². The van der Waals surface area contributed by atoms with Gasteiger partial charge in [0.15, 0.2) is 16.3 Å². The van der Waals surface area contributed by atoms with E-state index in [4.69, 9.17) is 42.4 Å². The van der Waals surface area contributed by atoms with Crippen molar-refractivity contribution in [1.29, 1.82) is 0 Å². The van der Waals surface area contributed by atoms with Crippen LogP contribution in [-0.4, -0.2) is 24.2 Å². The summed E-state index contributed by atoms with van der Waals surface area (Å²) < 4.78 is 19.3. The molecule has 0 saturated carbocycles. The zero-order valence-electron chi connectivity index (χ0n) is 26.3. The van der Waals surface area contributed by atoms with Crippen molar-refractivity contribution >= 4 is 52.2 Å². The smallest absolute Gasteiger partial charge is 0.271 e. The second kappa shape index (κ2) is 14.5. The number of hydrogen-bond donors (Lipinski definition) is 1.